The van der Waals surface area contributed by atoms with Crippen LogP contribution in [0, 0.1) is 6.92 Å². The second-order valence-electron chi connectivity index (χ2n) is 8.44. The number of ether oxygens (including phenoxy) is 1. The first kappa shape index (κ1) is 19.6. The Hall–Kier alpha value is -2.15. The molecule has 0 bridgehead atoms. The maximum Gasteiger partial charge on any atom is 0.320 e. The quantitative estimate of drug-likeness (QED) is 0.768. The minimum absolute atomic E-state index is 0.160. The van der Waals surface area contributed by atoms with Crippen molar-refractivity contribution in [2.45, 2.75) is 58.6 Å². The van der Waals surface area contributed by atoms with Gasteiger partial charge in [0.25, 0.3) is 0 Å². The molecule has 0 amide bonds. The number of anilines is 1. The number of hydrogen-bond donors (Lipinski definition) is 0. The van der Waals surface area contributed by atoms with Gasteiger partial charge in [0.2, 0.25) is 0 Å². The van der Waals surface area contributed by atoms with Gasteiger partial charge in [0.15, 0.2) is 5.82 Å². The molecular weight excluding hydrogens is 342 g/mol. The van der Waals surface area contributed by atoms with Crippen LogP contribution < -0.4 is 4.90 Å². The van der Waals surface area contributed by atoms with E-state index in [4.69, 9.17) is 4.74 Å². The zero-order valence-corrected chi connectivity index (χ0v) is 17.1. The lowest BCUT2D eigenvalue weighted by Gasteiger charge is -2.28. The summed E-state index contributed by atoms with van der Waals surface area (Å²) in [6.45, 7) is 9.92. The molecule has 0 aliphatic carbocycles. The number of carbonyl (C=O) groups excluding carboxylic acids is 1. The molecule has 7 nitrogen and oxygen atoms in total. The van der Waals surface area contributed by atoms with Gasteiger partial charge >= 0.3 is 5.97 Å². The lowest BCUT2D eigenvalue weighted by atomic mass is 10.1. The molecule has 3 rings (SSSR count). The number of aryl methyl sites for hydroxylation is 1. The highest BCUT2D eigenvalue weighted by atomic mass is 16.6. The molecule has 148 valence electrons. The molecule has 0 N–H and O–H groups in total. The van der Waals surface area contributed by atoms with Crippen LogP contribution in [0.2, 0.25) is 0 Å². The molecule has 27 heavy (non-hydrogen) atoms. The monoisotopic (exact) mass is 373 g/mol. The summed E-state index contributed by atoms with van der Waals surface area (Å²) in [5.74, 6) is 0.834. The molecule has 7 heteroatoms. The number of carbonyl (C=O) groups is 1. The van der Waals surface area contributed by atoms with Crippen LogP contribution in [-0.2, 0) is 9.53 Å². The Bertz CT molecular complexity index is 795. The van der Waals surface area contributed by atoms with Crippen LogP contribution in [-0.4, -0.2) is 63.8 Å². The minimum atomic E-state index is -0.439. The van der Waals surface area contributed by atoms with E-state index in [1.54, 1.807) is 0 Å². The van der Waals surface area contributed by atoms with E-state index < -0.39 is 5.60 Å². The first-order valence-electron chi connectivity index (χ1n) is 9.71. The molecule has 0 saturated carbocycles. The van der Waals surface area contributed by atoms with Crippen molar-refractivity contribution in [3.05, 3.63) is 24.2 Å². The van der Waals surface area contributed by atoms with Crippen LogP contribution in [0.4, 0.5) is 5.82 Å². The number of aromatic nitrogens is 3. The van der Waals surface area contributed by atoms with Crippen LogP contribution in [0.5, 0.6) is 0 Å². The maximum atomic E-state index is 12.1. The van der Waals surface area contributed by atoms with Gasteiger partial charge in [-0.25, -0.2) is 9.50 Å². The van der Waals surface area contributed by atoms with Crippen molar-refractivity contribution in [1.29, 1.82) is 0 Å². The standard InChI is InChI=1S/C20H31N5O2/c1-15-13-17-19(21-9-12-25(17)22-15)24-10-6-7-16(8-11-24)23(5)14-18(26)27-20(2,3)4/h9,12-13,16H,6-8,10-11,14H2,1-5H3. The summed E-state index contributed by atoms with van der Waals surface area (Å²) < 4.78 is 7.36. The molecule has 1 fully saturated rings. The van der Waals surface area contributed by atoms with Gasteiger partial charge in [0, 0.05) is 31.5 Å². The number of esters is 1. The summed E-state index contributed by atoms with van der Waals surface area (Å²) in [7, 11) is 2.02. The van der Waals surface area contributed by atoms with E-state index in [1.807, 2.05) is 51.7 Å². The lowest BCUT2D eigenvalue weighted by Crippen LogP contribution is -2.39. The van der Waals surface area contributed by atoms with Crippen molar-refractivity contribution in [1.82, 2.24) is 19.5 Å². The fourth-order valence-electron chi connectivity index (χ4n) is 3.71. The van der Waals surface area contributed by atoms with E-state index in [0.717, 1.165) is 49.4 Å². The van der Waals surface area contributed by atoms with Gasteiger partial charge < -0.3 is 9.64 Å². The van der Waals surface area contributed by atoms with Gasteiger partial charge in [-0.2, -0.15) is 5.10 Å². The Balaban J connectivity index is 1.64. The Kier molecular flexibility index (Phi) is 5.69. The first-order valence-corrected chi connectivity index (χ1v) is 9.71. The number of fused-ring (bicyclic) bond motifs is 1. The van der Waals surface area contributed by atoms with E-state index in [9.17, 15) is 4.79 Å². The molecule has 2 aromatic heterocycles. The zero-order chi connectivity index (χ0) is 19.6. The highest BCUT2D eigenvalue weighted by Crippen LogP contribution is 2.24. The average Bonchev–Trinajstić information content (AvgIpc) is 2.77. The van der Waals surface area contributed by atoms with E-state index in [-0.39, 0.29) is 5.97 Å². The number of rotatable bonds is 4. The summed E-state index contributed by atoms with van der Waals surface area (Å²) in [5, 5.41) is 4.49. The lowest BCUT2D eigenvalue weighted by molar-refractivity contribution is -0.156. The smallest absolute Gasteiger partial charge is 0.320 e. The Morgan fingerprint density at radius 3 is 2.85 bits per heavy atom. The molecule has 2 aromatic rings. The molecule has 0 spiro atoms. The topological polar surface area (TPSA) is 63.0 Å². The molecule has 3 heterocycles. The Labute approximate surface area is 161 Å². The molecule has 0 radical (unpaired) electrons. The normalized spacial score (nSPS) is 18.7. The number of nitrogens with zero attached hydrogens (tertiary/aromatic N) is 5. The van der Waals surface area contributed by atoms with Crippen molar-refractivity contribution >= 4 is 17.3 Å². The van der Waals surface area contributed by atoms with Crippen LogP contribution >= 0.6 is 0 Å². The van der Waals surface area contributed by atoms with E-state index in [2.05, 4.69) is 25.9 Å². The SMILES string of the molecule is Cc1cc2c(N3CCCC(N(C)CC(=O)OC(C)(C)C)CC3)nccn2n1. The molecule has 1 aliphatic heterocycles. The van der Waals surface area contributed by atoms with Crippen molar-refractivity contribution in [3.8, 4) is 0 Å². The average molecular weight is 374 g/mol. The van der Waals surface area contributed by atoms with Gasteiger partial charge in [-0.1, -0.05) is 0 Å². The molecule has 1 saturated heterocycles. The van der Waals surface area contributed by atoms with Gasteiger partial charge in [0.1, 0.15) is 11.1 Å². The fraction of sp³-hybridized carbons (Fsp3) is 0.650. The van der Waals surface area contributed by atoms with E-state index >= 15 is 0 Å². The van der Waals surface area contributed by atoms with Crippen molar-refractivity contribution in [2.24, 2.45) is 0 Å². The predicted octanol–water partition coefficient (Wildman–Crippen LogP) is 2.67. The third-order valence-electron chi connectivity index (χ3n) is 4.91. The van der Waals surface area contributed by atoms with Crippen LogP contribution in [0.3, 0.4) is 0 Å². The van der Waals surface area contributed by atoms with E-state index in [0.29, 0.717) is 12.6 Å². The summed E-state index contributed by atoms with van der Waals surface area (Å²) >= 11 is 0. The summed E-state index contributed by atoms with van der Waals surface area (Å²) in [4.78, 5) is 21.2. The van der Waals surface area contributed by atoms with E-state index in [1.165, 1.54) is 0 Å². The fourth-order valence-corrected chi connectivity index (χ4v) is 3.71. The largest absolute Gasteiger partial charge is 0.459 e. The van der Waals surface area contributed by atoms with Crippen molar-refractivity contribution < 1.29 is 9.53 Å². The van der Waals surface area contributed by atoms with Crippen LogP contribution in [0.1, 0.15) is 45.7 Å². The van der Waals surface area contributed by atoms with Crippen LogP contribution in [0.15, 0.2) is 18.5 Å². The Morgan fingerprint density at radius 2 is 2.11 bits per heavy atom. The second kappa shape index (κ2) is 7.84. The van der Waals surface area contributed by atoms with Gasteiger partial charge in [-0.3, -0.25) is 9.69 Å². The second-order valence-corrected chi connectivity index (χ2v) is 8.44. The third kappa shape index (κ3) is 4.97. The first-order chi connectivity index (χ1) is 12.7. The number of hydrogen-bond acceptors (Lipinski definition) is 6. The molecule has 1 unspecified atom stereocenters. The molecular formula is C20H31N5O2. The van der Waals surface area contributed by atoms with Gasteiger partial charge in [-0.15, -0.1) is 0 Å². The van der Waals surface area contributed by atoms with Crippen LogP contribution in [0.25, 0.3) is 5.52 Å². The highest BCUT2D eigenvalue weighted by molar-refractivity contribution is 5.72. The predicted molar refractivity (Wildman–Crippen MR) is 106 cm³/mol. The van der Waals surface area contributed by atoms with Gasteiger partial charge in [0.05, 0.1) is 12.2 Å². The maximum absolute atomic E-state index is 12.1. The molecule has 0 aromatic carbocycles. The van der Waals surface area contributed by atoms with Crippen molar-refractivity contribution in [3.63, 3.8) is 0 Å². The third-order valence-corrected chi connectivity index (χ3v) is 4.91. The van der Waals surface area contributed by atoms with Gasteiger partial charge in [-0.05, 0) is 60.1 Å². The van der Waals surface area contributed by atoms with Crippen molar-refractivity contribution in [2.75, 3.05) is 31.6 Å². The molecule has 1 atom stereocenters. The number of likely N-dealkylation sites (N-methyl/N-ethyl adjacent to an activating group) is 1. The summed E-state index contributed by atoms with van der Waals surface area (Å²) in [5.41, 5.74) is 1.61. The highest BCUT2D eigenvalue weighted by Gasteiger charge is 2.25. The summed E-state index contributed by atoms with van der Waals surface area (Å²) in [6.07, 6.45) is 6.83. The summed E-state index contributed by atoms with van der Waals surface area (Å²) in [6, 6.07) is 2.45. The molecule has 1 aliphatic rings. The Morgan fingerprint density at radius 1 is 1.33 bits per heavy atom. The zero-order valence-electron chi connectivity index (χ0n) is 17.1. The minimum Gasteiger partial charge on any atom is -0.459 e.